The van der Waals surface area contributed by atoms with Gasteiger partial charge in [-0.05, 0) is 33.7 Å². The summed E-state index contributed by atoms with van der Waals surface area (Å²) in [6.07, 6.45) is 4.27. The average molecular weight is 157 g/mol. The van der Waals surface area contributed by atoms with Crippen molar-refractivity contribution in [1.82, 2.24) is 5.32 Å². The van der Waals surface area contributed by atoms with Crippen LogP contribution in [0.25, 0.3) is 0 Å². The van der Waals surface area contributed by atoms with E-state index in [1.807, 2.05) is 14.0 Å². The van der Waals surface area contributed by atoms with Gasteiger partial charge in [-0.25, -0.2) is 0 Å². The zero-order valence-electron chi connectivity index (χ0n) is 7.72. The summed E-state index contributed by atoms with van der Waals surface area (Å²) in [6.45, 7) is 4.29. The Morgan fingerprint density at radius 2 is 2.27 bits per heavy atom. The fourth-order valence-corrected chi connectivity index (χ4v) is 0.789. The lowest BCUT2D eigenvalue weighted by Gasteiger charge is -2.07. The van der Waals surface area contributed by atoms with Crippen LogP contribution >= 0.6 is 0 Å². The summed E-state index contributed by atoms with van der Waals surface area (Å²) in [6, 6.07) is 0.567. The van der Waals surface area contributed by atoms with Crippen LogP contribution in [-0.2, 0) is 0 Å². The molecule has 2 N–H and O–H groups in total. The molecule has 0 aliphatic heterocycles. The van der Waals surface area contributed by atoms with Gasteiger partial charge in [-0.1, -0.05) is 11.6 Å². The molecule has 0 bridgehead atoms. The molecule has 0 fully saturated rings. The second-order valence-electron chi connectivity index (χ2n) is 2.98. The maximum absolute atomic E-state index is 8.67. The van der Waals surface area contributed by atoms with E-state index in [4.69, 9.17) is 5.11 Å². The fraction of sp³-hybridized carbons (Fsp3) is 0.778. The van der Waals surface area contributed by atoms with E-state index in [2.05, 4.69) is 18.3 Å². The Morgan fingerprint density at radius 3 is 2.73 bits per heavy atom. The first kappa shape index (κ1) is 10.7. The lowest BCUT2D eigenvalue weighted by molar-refractivity contribution is 0.330. The molecule has 1 atom stereocenters. The summed E-state index contributed by atoms with van der Waals surface area (Å²) in [5.41, 5.74) is 1.06. The van der Waals surface area contributed by atoms with E-state index in [0.29, 0.717) is 6.04 Å². The third kappa shape index (κ3) is 6.07. The number of aliphatic hydroxyl groups excluding tert-OH is 1. The molecule has 11 heavy (non-hydrogen) atoms. The standard InChI is InChI=1S/C9H19NO/c1-8(7-11)5-4-6-9(2)10-3/h5,9-11H,4,6-7H2,1-3H3/b8-5+. The molecule has 0 saturated heterocycles. The molecule has 0 aromatic carbocycles. The van der Waals surface area contributed by atoms with Crippen LogP contribution in [0.2, 0.25) is 0 Å². The molecule has 0 aliphatic carbocycles. The Hall–Kier alpha value is -0.340. The van der Waals surface area contributed by atoms with Gasteiger partial charge in [0.25, 0.3) is 0 Å². The number of nitrogens with one attached hydrogen (secondary N) is 1. The SMILES string of the molecule is CNC(C)CC/C=C(\C)CO. The molecule has 0 heterocycles. The second kappa shape index (κ2) is 6.38. The lowest BCUT2D eigenvalue weighted by Crippen LogP contribution is -2.20. The third-order valence-corrected chi connectivity index (χ3v) is 1.83. The summed E-state index contributed by atoms with van der Waals surface area (Å²) >= 11 is 0. The first-order valence-corrected chi connectivity index (χ1v) is 4.14. The highest BCUT2D eigenvalue weighted by Gasteiger charge is 1.94. The van der Waals surface area contributed by atoms with Crippen molar-refractivity contribution < 1.29 is 5.11 Å². The Bertz CT molecular complexity index is 121. The van der Waals surface area contributed by atoms with Crippen molar-refractivity contribution in [1.29, 1.82) is 0 Å². The number of hydrogen-bond acceptors (Lipinski definition) is 2. The van der Waals surface area contributed by atoms with Crippen molar-refractivity contribution >= 4 is 0 Å². The molecule has 1 unspecified atom stereocenters. The quantitative estimate of drug-likeness (QED) is 0.590. The minimum atomic E-state index is 0.188. The smallest absolute Gasteiger partial charge is 0.0639 e. The largest absolute Gasteiger partial charge is 0.392 e. The van der Waals surface area contributed by atoms with Crippen LogP contribution in [0.1, 0.15) is 26.7 Å². The van der Waals surface area contributed by atoms with Crippen LogP contribution in [0.15, 0.2) is 11.6 Å². The van der Waals surface area contributed by atoms with Crippen molar-refractivity contribution in [3.8, 4) is 0 Å². The molecule has 2 heteroatoms. The summed E-state index contributed by atoms with van der Waals surface area (Å²) in [5, 5.41) is 11.8. The molecule has 0 amide bonds. The first-order valence-electron chi connectivity index (χ1n) is 4.14. The van der Waals surface area contributed by atoms with Gasteiger partial charge in [0, 0.05) is 6.04 Å². The van der Waals surface area contributed by atoms with Crippen molar-refractivity contribution in [3.63, 3.8) is 0 Å². The number of hydrogen-bond donors (Lipinski definition) is 2. The van der Waals surface area contributed by atoms with Gasteiger partial charge in [0.05, 0.1) is 6.61 Å². The maximum Gasteiger partial charge on any atom is 0.0639 e. The van der Waals surface area contributed by atoms with Crippen LogP contribution in [0.5, 0.6) is 0 Å². The molecule has 0 rings (SSSR count). The van der Waals surface area contributed by atoms with Crippen molar-refractivity contribution in [2.24, 2.45) is 0 Å². The van der Waals surface area contributed by atoms with Gasteiger partial charge in [-0.2, -0.15) is 0 Å². The molecule has 0 spiro atoms. The highest BCUT2D eigenvalue weighted by atomic mass is 16.3. The number of allylic oxidation sites excluding steroid dienone is 1. The predicted molar refractivity (Wildman–Crippen MR) is 48.6 cm³/mol. The average Bonchev–Trinajstić information content (AvgIpc) is 2.04. The van der Waals surface area contributed by atoms with Gasteiger partial charge >= 0.3 is 0 Å². The van der Waals surface area contributed by atoms with Gasteiger partial charge in [0.2, 0.25) is 0 Å². The molecule has 0 aliphatic rings. The molecular weight excluding hydrogens is 138 g/mol. The highest BCUT2D eigenvalue weighted by molar-refractivity contribution is 4.97. The minimum Gasteiger partial charge on any atom is -0.392 e. The Labute approximate surface area is 69.3 Å². The molecule has 0 aromatic rings. The molecule has 0 radical (unpaired) electrons. The predicted octanol–water partition coefficient (Wildman–Crippen LogP) is 1.31. The molecule has 0 aromatic heterocycles. The molecule has 66 valence electrons. The van der Waals surface area contributed by atoms with E-state index in [-0.39, 0.29) is 6.61 Å². The molecule has 2 nitrogen and oxygen atoms in total. The normalized spacial score (nSPS) is 15.1. The van der Waals surface area contributed by atoms with E-state index >= 15 is 0 Å². The van der Waals surface area contributed by atoms with E-state index < -0.39 is 0 Å². The second-order valence-corrected chi connectivity index (χ2v) is 2.98. The first-order chi connectivity index (χ1) is 5.20. The number of aliphatic hydroxyl groups is 1. The summed E-state index contributed by atoms with van der Waals surface area (Å²) < 4.78 is 0. The van der Waals surface area contributed by atoms with Crippen molar-refractivity contribution in [2.45, 2.75) is 32.7 Å². The topological polar surface area (TPSA) is 32.3 Å². The Morgan fingerprint density at radius 1 is 1.64 bits per heavy atom. The fourth-order valence-electron chi connectivity index (χ4n) is 0.789. The zero-order valence-corrected chi connectivity index (χ0v) is 7.72. The third-order valence-electron chi connectivity index (χ3n) is 1.83. The Balaban J connectivity index is 3.39. The maximum atomic E-state index is 8.67. The Kier molecular flexibility index (Phi) is 6.18. The van der Waals surface area contributed by atoms with Gasteiger partial charge in [-0.15, -0.1) is 0 Å². The minimum absolute atomic E-state index is 0.188. The van der Waals surface area contributed by atoms with E-state index in [1.165, 1.54) is 0 Å². The summed E-state index contributed by atoms with van der Waals surface area (Å²) in [7, 11) is 1.97. The number of rotatable bonds is 5. The van der Waals surface area contributed by atoms with Gasteiger partial charge in [0.1, 0.15) is 0 Å². The summed E-state index contributed by atoms with van der Waals surface area (Å²) in [4.78, 5) is 0. The van der Waals surface area contributed by atoms with E-state index in [1.54, 1.807) is 0 Å². The van der Waals surface area contributed by atoms with Gasteiger partial charge in [0.15, 0.2) is 0 Å². The van der Waals surface area contributed by atoms with Gasteiger partial charge in [-0.3, -0.25) is 0 Å². The van der Waals surface area contributed by atoms with Crippen LogP contribution in [-0.4, -0.2) is 24.8 Å². The van der Waals surface area contributed by atoms with E-state index in [9.17, 15) is 0 Å². The molecule has 0 saturated carbocycles. The van der Waals surface area contributed by atoms with E-state index in [0.717, 1.165) is 18.4 Å². The van der Waals surface area contributed by atoms with Crippen LogP contribution in [0.4, 0.5) is 0 Å². The lowest BCUT2D eigenvalue weighted by atomic mass is 10.1. The van der Waals surface area contributed by atoms with Crippen LogP contribution in [0, 0.1) is 0 Å². The monoisotopic (exact) mass is 157 g/mol. The molecular formula is C9H19NO. The van der Waals surface area contributed by atoms with Crippen LogP contribution < -0.4 is 5.32 Å². The summed E-state index contributed by atoms with van der Waals surface area (Å²) in [5.74, 6) is 0. The van der Waals surface area contributed by atoms with Crippen molar-refractivity contribution in [2.75, 3.05) is 13.7 Å². The van der Waals surface area contributed by atoms with Crippen molar-refractivity contribution in [3.05, 3.63) is 11.6 Å². The highest BCUT2D eigenvalue weighted by Crippen LogP contribution is 2.00. The zero-order chi connectivity index (χ0) is 8.69. The van der Waals surface area contributed by atoms with Gasteiger partial charge < -0.3 is 10.4 Å². The van der Waals surface area contributed by atoms with Crippen LogP contribution in [0.3, 0.4) is 0 Å².